The number of carboxylic acids is 1. The number of carbonyl (C=O) groups is 1. The molecule has 1 aliphatic rings. The second-order valence-electron chi connectivity index (χ2n) is 4.20. The topological polar surface area (TPSA) is 49.8 Å². The molecule has 0 amide bonds. The summed E-state index contributed by atoms with van der Waals surface area (Å²) < 4.78 is 5.33. The first kappa shape index (κ1) is 12.5. The molecule has 1 heterocycles. The van der Waals surface area contributed by atoms with E-state index in [1.807, 2.05) is 0 Å². The summed E-state index contributed by atoms with van der Waals surface area (Å²) in [6.45, 7) is 7.57. The van der Waals surface area contributed by atoms with Gasteiger partial charge >= 0.3 is 5.97 Å². The second-order valence-corrected chi connectivity index (χ2v) is 4.20. The summed E-state index contributed by atoms with van der Waals surface area (Å²) in [5, 5.41) is 9.32. The molecule has 0 bridgehead atoms. The average molecular weight is 215 g/mol. The number of hydrogen-bond acceptors (Lipinski definition) is 3. The molecule has 0 aromatic rings. The molecule has 1 fully saturated rings. The van der Waals surface area contributed by atoms with Crippen molar-refractivity contribution in [2.75, 3.05) is 32.8 Å². The Bertz CT molecular complexity index is 208. The third kappa shape index (κ3) is 2.92. The number of nitrogens with zero attached hydrogens (tertiary/aromatic N) is 1. The zero-order chi connectivity index (χ0) is 11.3. The number of rotatable bonds is 5. The zero-order valence-electron chi connectivity index (χ0n) is 9.66. The summed E-state index contributed by atoms with van der Waals surface area (Å²) in [4.78, 5) is 13.5. The monoisotopic (exact) mass is 215 g/mol. The molecule has 0 aliphatic carbocycles. The Balaban J connectivity index is 2.67. The molecule has 15 heavy (non-hydrogen) atoms. The maximum Gasteiger partial charge on any atom is 0.313 e. The van der Waals surface area contributed by atoms with Gasteiger partial charge in [-0.15, -0.1) is 0 Å². The van der Waals surface area contributed by atoms with E-state index in [9.17, 15) is 9.90 Å². The summed E-state index contributed by atoms with van der Waals surface area (Å²) in [5.74, 6) is -0.714. The molecule has 1 atom stereocenters. The van der Waals surface area contributed by atoms with Crippen LogP contribution in [0.3, 0.4) is 0 Å². The molecular weight excluding hydrogens is 194 g/mol. The van der Waals surface area contributed by atoms with Crippen molar-refractivity contribution >= 4 is 5.97 Å². The fourth-order valence-electron chi connectivity index (χ4n) is 2.09. The highest BCUT2D eigenvalue weighted by molar-refractivity contribution is 5.75. The Morgan fingerprint density at radius 3 is 2.53 bits per heavy atom. The van der Waals surface area contributed by atoms with Crippen LogP contribution in [0, 0.1) is 5.41 Å². The predicted octanol–water partition coefficient (Wildman–Crippen LogP) is 1.21. The highest BCUT2D eigenvalue weighted by Gasteiger charge is 2.41. The molecule has 1 unspecified atom stereocenters. The Morgan fingerprint density at radius 2 is 2.13 bits per heavy atom. The maximum absolute atomic E-state index is 11.3. The molecule has 0 spiro atoms. The first-order valence-corrected chi connectivity index (χ1v) is 5.68. The van der Waals surface area contributed by atoms with Crippen molar-refractivity contribution in [1.82, 2.24) is 4.90 Å². The van der Waals surface area contributed by atoms with Crippen molar-refractivity contribution in [2.45, 2.75) is 26.7 Å². The van der Waals surface area contributed by atoms with Crippen LogP contribution in [0.5, 0.6) is 0 Å². The van der Waals surface area contributed by atoms with Crippen LogP contribution in [0.2, 0.25) is 0 Å². The van der Waals surface area contributed by atoms with Crippen LogP contribution in [0.25, 0.3) is 0 Å². The summed E-state index contributed by atoms with van der Waals surface area (Å²) in [7, 11) is 0. The fourth-order valence-corrected chi connectivity index (χ4v) is 2.09. The van der Waals surface area contributed by atoms with Crippen LogP contribution < -0.4 is 0 Å². The van der Waals surface area contributed by atoms with E-state index in [1.165, 1.54) is 0 Å². The molecule has 1 N–H and O–H groups in total. The van der Waals surface area contributed by atoms with Crippen LogP contribution in [-0.4, -0.2) is 48.8 Å². The van der Waals surface area contributed by atoms with Gasteiger partial charge in [0.2, 0.25) is 0 Å². The van der Waals surface area contributed by atoms with Crippen LogP contribution in [0.4, 0.5) is 0 Å². The van der Waals surface area contributed by atoms with E-state index in [4.69, 9.17) is 4.74 Å². The van der Waals surface area contributed by atoms with Crippen molar-refractivity contribution in [3.05, 3.63) is 0 Å². The second kappa shape index (κ2) is 5.47. The van der Waals surface area contributed by atoms with E-state index < -0.39 is 11.4 Å². The van der Waals surface area contributed by atoms with Crippen LogP contribution in [0.15, 0.2) is 0 Å². The Morgan fingerprint density at radius 1 is 1.47 bits per heavy atom. The third-order valence-corrected chi connectivity index (χ3v) is 3.20. The van der Waals surface area contributed by atoms with Crippen LogP contribution in [0.1, 0.15) is 26.7 Å². The number of aliphatic carboxylic acids is 1. The summed E-state index contributed by atoms with van der Waals surface area (Å²) in [5.41, 5.74) is -0.676. The van der Waals surface area contributed by atoms with Gasteiger partial charge in [0.1, 0.15) is 5.41 Å². The van der Waals surface area contributed by atoms with E-state index in [0.29, 0.717) is 19.8 Å². The number of hydrogen-bond donors (Lipinski definition) is 1. The lowest BCUT2D eigenvalue weighted by molar-refractivity contribution is -0.159. The lowest BCUT2D eigenvalue weighted by atomic mass is 9.82. The molecule has 0 saturated carbocycles. The highest BCUT2D eigenvalue weighted by Crippen LogP contribution is 2.30. The van der Waals surface area contributed by atoms with E-state index in [0.717, 1.165) is 25.9 Å². The highest BCUT2D eigenvalue weighted by atomic mass is 16.5. The lowest BCUT2D eigenvalue weighted by Crippen LogP contribution is -2.48. The van der Waals surface area contributed by atoms with Crippen LogP contribution in [-0.2, 0) is 9.53 Å². The van der Waals surface area contributed by atoms with E-state index >= 15 is 0 Å². The largest absolute Gasteiger partial charge is 0.481 e. The molecule has 1 rings (SSSR count). The first-order valence-electron chi connectivity index (χ1n) is 5.68. The van der Waals surface area contributed by atoms with Crippen molar-refractivity contribution in [1.29, 1.82) is 0 Å². The third-order valence-electron chi connectivity index (χ3n) is 3.20. The number of ether oxygens (including phenoxy) is 1. The lowest BCUT2D eigenvalue weighted by Gasteiger charge is -2.36. The minimum Gasteiger partial charge on any atom is -0.481 e. The molecule has 0 aromatic heterocycles. The molecule has 4 heteroatoms. The zero-order valence-corrected chi connectivity index (χ0v) is 9.66. The molecule has 1 aliphatic heterocycles. The van der Waals surface area contributed by atoms with E-state index in [2.05, 4.69) is 18.7 Å². The minimum absolute atomic E-state index is 0.360. The van der Waals surface area contributed by atoms with Crippen molar-refractivity contribution in [3.8, 4) is 0 Å². The molecule has 4 nitrogen and oxygen atoms in total. The van der Waals surface area contributed by atoms with Crippen molar-refractivity contribution in [3.63, 3.8) is 0 Å². The molecular formula is C11H21NO3. The normalized spacial score (nSPS) is 26.9. The number of carboxylic acid groups (broad SMARTS) is 1. The van der Waals surface area contributed by atoms with Crippen molar-refractivity contribution < 1.29 is 14.6 Å². The smallest absolute Gasteiger partial charge is 0.313 e. The summed E-state index contributed by atoms with van der Waals surface area (Å²) in [6.07, 6.45) is 1.59. The van der Waals surface area contributed by atoms with Gasteiger partial charge < -0.3 is 14.7 Å². The standard InChI is InChI=1S/C11H21NO3/c1-3-12(4-2)8-11(10(13)14)6-5-7-15-9-11/h3-9H2,1-2H3,(H,13,14). The molecule has 88 valence electrons. The average Bonchev–Trinajstić information content (AvgIpc) is 2.27. The summed E-state index contributed by atoms with van der Waals surface area (Å²) >= 11 is 0. The predicted molar refractivity (Wildman–Crippen MR) is 57.9 cm³/mol. The fraction of sp³-hybridized carbons (Fsp3) is 0.909. The van der Waals surface area contributed by atoms with Gasteiger partial charge in [-0.2, -0.15) is 0 Å². The molecule has 1 saturated heterocycles. The minimum atomic E-state index is -0.714. The molecule has 0 radical (unpaired) electrons. The van der Waals surface area contributed by atoms with Crippen molar-refractivity contribution in [2.24, 2.45) is 5.41 Å². The van der Waals surface area contributed by atoms with Gasteiger partial charge in [-0.1, -0.05) is 13.8 Å². The van der Waals surface area contributed by atoms with Gasteiger partial charge in [-0.3, -0.25) is 4.79 Å². The molecule has 0 aromatic carbocycles. The van der Waals surface area contributed by atoms with E-state index in [1.54, 1.807) is 0 Å². The quantitative estimate of drug-likeness (QED) is 0.749. The SMILES string of the molecule is CCN(CC)CC1(C(=O)O)CCCOC1. The Hall–Kier alpha value is -0.610. The maximum atomic E-state index is 11.3. The van der Waals surface area contributed by atoms with Gasteiger partial charge in [0.15, 0.2) is 0 Å². The van der Waals surface area contributed by atoms with Gasteiger partial charge in [0.05, 0.1) is 6.61 Å². The van der Waals surface area contributed by atoms with Gasteiger partial charge in [0.25, 0.3) is 0 Å². The van der Waals surface area contributed by atoms with Gasteiger partial charge in [-0.05, 0) is 25.9 Å². The van der Waals surface area contributed by atoms with Gasteiger partial charge in [-0.25, -0.2) is 0 Å². The summed E-state index contributed by atoms with van der Waals surface area (Å²) in [6, 6.07) is 0. The Labute approximate surface area is 91.2 Å². The Kier molecular flexibility index (Phi) is 4.54. The van der Waals surface area contributed by atoms with E-state index in [-0.39, 0.29) is 0 Å². The first-order chi connectivity index (χ1) is 7.14. The van der Waals surface area contributed by atoms with Crippen LogP contribution >= 0.6 is 0 Å². The van der Waals surface area contributed by atoms with Gasteiger partial charge in [0, 0.05) is 13.2 Å².